The first-order valence-electron chi connectivity index (χ1n) is 10.4. The van der Waals surface area contributed by atoms with Crippen molar-refractivity contribution in [1.29, 1.82) is 0 Å². The maximum absolute atomic E-state index is 12.8. The van der Waals surface area contributed by atoms with Gasteiger partial charge in [-0.1, -0.05) is 80.9 Å². The number of nitrogens with one attached hydrogen (secondary N) is 1. The average molecular weight is 383 g/mol. The van der Waals surface area contributed by atoms with Crippen molar-refractivity contribution in [2.24, 2.45) is 0 Å². The van der Waals surface area contributed by atoms with Crippen molar-refractivity contribution in [2.75, 3.05) is 19.7 Å². The van der Waals surface area contributed by atoms with Crippen LogP contribution >= 0.6 is 0 Å². The molecule has 0 aromatic heterocycles. The van der Waals surface area contributed by atoms with E-state index in [1.807, 2.05) is 36.4 Å². The zero-order valence-electron chi connectivity index (χ0n) is 17.3. The monoisotopic (exact) mass is 382 g/mol. The molecule has 0 saturated heterocycles. The third kappa shape index (κ3) is 7.83. The Bertz CT molecular complexity index is 661. The summed E-state index contributed by atoms with van der Waals surface area (Å²) in [5.41, 5.74) is 2.47. The van der Waals surface area contributed by atoms with E-state index in [4.69, 9.17) is 4.74 Å². The Kier molecular flexibility index (Phi) is 10.3. The molecule has 152 valence electrons. The van der Waals surface area contributed by atoms with Gasteiger partial charge in [0.15, 0.2) is 0 Å². The zero-order valence-corrected chi connectivity index (χ0v) is 17.3. The van der Waals surface area contributed by atoms with Crippen LogP contribution in [0, 0.1) is 0 Å². The Labute approximate surface area is 169 Å². The topological polar surface area (TPSA) is 41.6 Å². The normalized spacial score (nSPS) is 12.1. The summed E-state index contributed by atoms with van der Waals surface area (Å²) in [5.74, 6) is -0.104. The standard InChI is InChI=1S/C24H34N2O2/c1-3-5-18-28-24(27)23(16-17-25-19-21-12-8-6-9-13-21)26(4-2)20-22-14-10-7-11-15-22/h6-15,23,25H,3-5,16-20H2,1-2H3. The molecule has 0 radical (unpaired) electrons. The zero-order chi connectivity index (χ0) is 20.0. The van der Waals surface area contributed by atoms with Crippen molar-refractivity contribution in [2.45, 2.75) is 52.2 Å². The minimum atomic E-state index is -0.231. The van der Waals surface area contributed by atoms with Crippen LogP contribution in [0.2, 0.25) is 0 Å². The van der Waals surface area contributed by atoms with Gasteiger partial charge in [-0.3, -0.25) is 9.69 Å². The van der Waals surface area contributed by atoms with Crippen molar-refractivity contribution >= 4 is 5.97 Å². The molecule has 1 N–H and O–H groups in total. The number of nitrogens with zero attached hydrogens (tertiary/aromatic N) is 1. The highest BCUT2D eigenvalue weighted by Gasteiger charge is 2.26. The highest BCUT2D eigenvalue weighted by molar-refractivity contribution is 5.75. The minimum Gasteiger partial charge on any atom is -0.465 e. The first-order chi connectivity index (χ1) is 13.7. The molecule has 4 heteroatoms. The molecule has 0 aliphatic carbocycles. The summed E-state index contributed by atoms with van der Waals surface area (Å²) in [6, 6.07) is 20.4. The molecule has 1 unspecified atom stereocenters. The lowest BCUT2D eigenvalue weighted by Gasteiger charge is -2.29. The van der Waals surface area contributed by atoms with Crippen LogP contribution in [-0.4, -0.2) is 36.6 Å². The Hall–Kier alpha value is -2.17. The Morgan fingerprint density at radius 3 is 2.25 bits per heavy atom. The van der Waals surface area contributed by atoms with Crippen molar-refractivity contribution < 1.29 is 9.53 Å². The molecule has 0 fully saturated rings. The van der Waals surface area contributed by atoms with Gasteiger partial charge in [0.05, 0.1) is 6.61 Å². The molecule has 0 amide bonds. The molecule has 2 aromatic rings. The highest BCUT2D eigenvalue weighted by atomic mass is 16.5. The average Bonchev–Trinajstić information content (AvgIpc) is 2.74. The van der Waals surface area contributed by atoms with E-state index < -0.39 is 0 Å². The van der Waals surface area contributed by atoms with E-state index in [2.05, 4.69) is 48.3 Å². The van der Waals surface area contributed by atoms with Gasteiger partial charge in [0.1, 0.15) is 6.04 Å². The lowest BCUT2D eigenvalue weighted by atomic mass is 10.1. The molecule has 2 rings (SSSR count). The Morgan fingerprint density at radius 1 is 1.00 bits per heavy atom. The van der Waals surface area contributed by atoms with E-state index in [1.165, 1.54) is 11.1 Å². The van der Waals surface area contributed by atoms with Gasteiger partial charge in [0, 0.05) is 13.1 Å². The molecule has 0 bridgehead atoms. The summed E-state index contributed by atoms with van der Waals surface area (Å²) in [6.45, 7) is 7.85. The van der Waals surface area contributed by atoms with Crippen LogP contribution in [0.3, 0.4) is 0 Å². The Balaban J connectivity index is 1.94. The number of carbonyl (C=O) groups is 1. The summed E-state index contributed by atoms with van der Waals surface area (Å²) in [5, 5.41) is 3.46. The molecular formula is C24H34N2O2. The number of ether oxygens (including phenoxy) is 1. The van der Waals surface area contributed by atoms with Gasteiger partial charge in [-0.2, -0.15) is 0 Å². The number of carbonyl (C=O) groups excluding carboxylic acids is 1. The molecule has 1 atom stereocenters. The summed E-state index contributed by atoms with van der Waals surface area (Å²) >= 11 is 0. The first-order valence-corrected chi connectivity index (χ1v) is 10.4. The molecule has 0 heterocycles. The first kappa shape index (κ1) is 22.1. The van der Waals surface area contributed by atoms with Crippen LogP contribution < -0.4 is 5.32 Å². The second-order valence-electron chi connectivity index (χ2n) is 7.04. The van der Waals surface area contributed by atoms with Crippen LogP contribution in [0.1, 0.15) is 44.2 Å². The molecular weight excluding hydrogens is 348 g/mol. The van der Waals surface area contributed by atoms with Crippen molar-refractivity contribution in [3.8, 4) is 0 Å². The summed E-state index contributed by atoms with van der Waals surface area (Å²) in [6.07, 6.45) is 2.67. The fourth-order valence-corrected chi connectivity index (χ4v) is 3.19. The molecule has 0 spiro atoms. The van der Waals surface area contributed by atoms with E-state index in [0.29, 0.717) is 6.61 Å². The second kappa shape index (κ2) is 13.1. The van der Waals surface area contributed by atoms with E-state index in [1.54, 1.807) is 0 Å². The van der Waals surface area contributed by atoms with Crippen LogP contribution in [-0.2, 0) is 22.6 Å². The Morgan fingerprint density at radius 2 is 1.64 bits per heavy atom. The van der Waals surface area contributed by atoms with Crippen LogP contribution in [0.5, 0.6) is 0 Å². The number of rotatable bonds is 13. The van der Waals surface area contributed by atoms with Gasteiger partial charge < -0.3 is 10.1 Å². The SMILES string of the molecule is CCCCOC(=O)C(CCNCc1ccccc1)N(CC)Cc1ccccc1. The third-order valence-electron chi connectivity index (χ3n) is 4.86. The number of hydrogen-bond donors (Lipinski definition) is 1. The number of unbranched alkanes of at least 4 members (excludes halogenated alkanes) is 1. The van der Waals surface area contributed by atoms with E-state index in [-0.39, 0.29) is 12.0 Å². The predicted octanol–water partition coefficient (Wildman–Crippen LogP) is 4.40. The molecule has 4 nitrogen and oxygen atoms in total. The highest BCUT2D eigenvalue weighted by Crippen LogP contribution is 2.13. The molecule has 0 aliphatic heterocycles. The quantitative estimate of drug-likeness (QED) is 0.412. The summed E-state index contributed by atoms with van der Waals surface area (Å²) in [4.78, 5) is 15.0. The molecule has 2 aromatic carbocycles. The van der Waals surface area contributed by atoms with E-state index in [0.717, 1.165) is 45.4 Å². The number of benzene rings is 2. The lowest BCUT2D eigenvalue weighted by molar-refractivity contribution is -0.150. The minimum absolute atomic E-state index is 0.104. The van der Waals surface area contributed by atoms with Gasteiger partial charge in [-0.05, 0) is 37.1 Å². The van der Waals surface area contributed by atoms with Gasteiger partial charge in [0.25, 0.3) is 0 Å². The lowest BCUT2D eigenvalue weighted by Crippen LogP contribution is -2.43. The number of likely N-dealkylation sites (N-methyl/N-ethyl adjacent to an activating group) is 1. The number of hydrogen-bond acceptors (Lipinski definition) is 4. The third-order valence-corrected chi connectivity index (χ3v) is 4.86. The van der Waals surface area contributed by atoms with Crippen LogP contribution in [0.4, 0.5) is 0 Å². The van der Waals surface area contributed by atoms with E-state index >= 15 is 0 Å². The van der Waals surface area contributed by atoms with Gasteiger partial charge in [0.2, 0.25) is 0 Å². The maximum Gasteiger partial charge on any atom is 0.323 e. The largest absolute Gasteiger partial charge is 0.465 e. The smallest absolute Gasteiger partial charge is 0.323 e. The second-order valence-corrected chi connectivity index (χ2v) is 7.04. The van der Waals surface area contributed by atoms with Crippen molar-refractivity contribution in [1.82, 2.24) is 10.2 Å². The van der Waals surface area contributed by atoms with Gasteiger partial charge in [-0.15, -0.1) is 0 Å². The van der Waals surface area contributed by atoms with Crippen molar-refractivity contribution in [3.63, 3.8) is 0 Å². The number of esters is 1. The van der Waals surface area contributed by atoms with Gasteiger partial charge in [-0.25, -0.2) is 0 Å². The van der Waals surface area contributed by atoms with E-state index in [9.17, 15) is 4.79 Å². The van der Waals surface area contributed by atoms with Crippen LogP contribution in [0.25, 0.3) is 0 Å². The summed E-state index contributed by atoms with van der Waals surface area (Å²) < 4.78 is 5.57. The summed E-state index contributed by atoms with van der Waals surface area (Å²) in [7, 11) is 0. The fourth-order valence-electron chi connectivity index (χ4n) is 3.19. The fraction of sp³-hybridized carbons (Fsp3) is 0.458. The predicted molar refractivity (Wildman–Crippen MR) is 115 cm³/mol. The van der Waals surface area contributed by atoms with Crippen molar-refractivity contribution in [3.05, 3.63) is 71.8 Å². The maximum atomic E-state index is 12.8. The molecule has 0 saturated carbocycles. The van der Waals surface area contributed by atoms with Crippen LogP contribution in [0.15, 0.2) is 60.7 Å². The molecule has 0 aliphatic rings. The molecule has 28 heavy (non-hydrogen) atoms. The van der Waals surface area contributed by atoms with Gasteiger partial charge >= 0.3 is 5.97 Å².